The van der Waals surface area contributed by atoms with Crippen LogP contribution in [-0.2, 0) is 17.5 Å². The molecule has 2 aliphatic carbocycles. The molecule has 2 aromatic carbocycles. The van der Waals surface area contributed by atoms with Crippen LogP contribution in [0.1, 0.15) is 41.2 Å². The maximum atomic E-state index is 13.2. The number of hydrogen-bond donors (Lipinski definition) is 1. The van der Waals surface area contributed by atoms with Gasteiger partial charge in [-0.05, 0) is 66.8 Å². The van der Waals surface area contributed by atoms with E-state index in [0.29, 0.717) is 33.0 Å². The first-order valence-electron chi connectivity index (χ1n) is 11.9. The molecule has 194 valence electrons. The van der Waals surface area contributed by atoms with Gasteiger partial charge in [0.1, 0.15) is 6.54 Å². The fourth-order valence-corrected chi connectivity index (χ4v) is 9.88. The second-order valence-electron chi connectivity index (χ2n) is 9.86. The largest absolute Gasteiger partial charge is 0.416 e. The highest BCUT2D eigenvalue weighted by Gasteiger charge is 2.55. The number of halogens is 5. The van der Waals surface area contributed by atoms with Crippen LogP contribution in [0.5, 0.6) is 0 Å². The van der Waals surface area contributed by atoms with Crippen molar-refractivity contribution in [1.82, 2.24) is 4.57 Å². The first-order valence-corrected chi connectivity index (χ1v) is 14.4. The Labute approximate surface area is 229 Å². The number of carbonyl (C=O) groups excluding carboxylic acids is 1. The molecular formula is C26H21Cl2F3N2O2S2. The van der Waals surface area contributed by atoms with Gasteiger partial charge in [0.2, 0.25) is 5.91 Å². The fraction of sp³-hybridized carbons (Fsp3) is 0.385. The molecule has 2 heterocycles. The molecule has 1 aromatic heterocycles. The number of alkyl halides is 3. The van der Waals surface area contributed by atoms with E-state index in [0.717, 1.165) is 58.2 Å². The monoisotopic (exact) mass is 584 g/mol. The van der Waals surface area contributed by atoms with Crippen LogP contribution in [0.2, 0.25) is 10.0 Å². The summed E-state index contributed by atoms with van der Waals surface area (Å²) in [4.78, 5) is 26.7. The third kappa shape index (κ3) is 4.41. The second-order valence-corrected chi connectivity index (χ2v) is 12.8. The van der Waals surface area contributed by atoms with Crippen LogP contribution in [0, 0.1) is 17.8 Å². The number of amides is 1. The zero-order chi connectivity index (χ0) is 26.1. The summed E-state index contributed by atoms with van der Waals surface area (Å²) in [5.41, 5.74) is 0.0796. The summed E-state index contributed by atoms with van der Waals surface area (Å²) in [6.07, 6.45) is -1.07. The van der Waals surface area contributed by atoms with Crippen LogP contribution in [0.15, 0.2) is 52.3 Å². The Kier molecular flexibility index (Phi) is 6.41. The van der Waals surface area contributed by atoms with Gasteiger partial charge >= 0.3 is 11.0 Å². The van der Waals surface area contributed by atoms with Crippen molar-refractivity contribution in [3.05, 3.63) is 78.2 Å². The molecule has 6 rings (SSSR count). The lowest BCUT2D eigenvalue weighted by atomic mass is 9.75. The third-order valence-electron chi connectivity index (χ3n) is 7.78. The van der Waals surface area contributed by atoms with Crippen molar-refractivity contribution in [1.29, 1.82) is 0 Å². The lowest BCUT2D eigenvalue weighted by molar-refractivity contribution is -0.137. The number of thiazole rings is 1. The normalized spacial score (nSPS) is 26.1. The molecule has 11 heteroatoms. The van der Waals surface area contributed by atoms with Gasteiger partial charge in [0.05, 0.1) is 20.6 Å². The highest BCUT2D eigenvalue weighted by atomic mass is 35.5. The van der Waals surface area contributed by atoms with Gasteiger partial charge in [0, 0.05) is 21.7 Å². The van der Waals surface area contributed by atoms with Gasteiger partial charge in [0.15, 0.2) is 0 Å². The van der Waals surface area contributed by atoms with Crippen molar-refractivity contribution >= 4 is 57.9 Å². The van der Waals surface area contributed by atoms with Gasteiger partial charge in [-0.1, -0.05) is 52.7 Å². The summed E-state index contributed by atoms with van der Waals surface area (Å²) in [5.74, 6) is 0.766. The molecule has 5 atom stereocenters. The number of aromatic nitrogens is 1. The van der Waals surface area contributed by atoms with E-state index < -0.39 is 17.6 Å². The molecule has 3 aromatic rings. The van der Waals surface area contributed by atoms with E-state index in [1.165, 1.54) is 16.7 Å². The molecule has 0 radical (unpaired) electrons. The van der Waals surface area contributed by atoms with Crippen LogP contribution in [0.4, 0.5) is 18.9 Å². The Hall–Kier alpha value is -1.94. The number of hydrogen-bond acceptors (Lipinski definition) is 4. The Bertz CT molecular complexity index is 1450. The predicted octanol–water partition coefficient (Wildman–Crippen LogP) is 7.53. The number of fused-ring (bicyclic) bond motifs is 6. The van der Waals surface area contributed by atoms with E-state index in [1.54, 1.807) is 17.8 Å². The highest BCUT2D eigenvalue weighted by Crippen LogP contribution is 2.64. The van der Waals surface area contributed by atoms with E-state index >= 15 is 0 Å². The quantitative estimate of drug-likeness (QED) is 0.345. The Morgan fingerprint density at radius 1 is 1.11 bits per heavy atom. The van der Waals surface area contributed by atoms with E-state index in [2.05, 4.69) is 5.32 Å². The smallest absolute Gasteiger partial charge is 0.325 e. The summed E-state index contributed by atoms with van der Waals surface area (Å²) >= 11 is 15.9. The molecule has 37 heavy (non-hydrogen) atoms. The molecule has 2 saturated carbocycles. The number of anilines is 1. The molecule has 0 saturated heterocycles. The number of nitrogens with zero attached hydrogens (tertiary/aromatic N) is 1. The molecule has 1 aliphatic heterocycles. The van der Waals surface area contributed by atoms with Crippen molar-refractivity contribution in [2.24, 2.45) is 17.8 Å². The minimum atomic E-state index is -4.52. The molecule has 5 unspecified atom stereocenters. The number of rotatable bonds is 4. The van der Waals surface area contributed by atoms with Gasteiger partial charge in [-0.25, -0.2) is 0 Å². The van der Waals surface area contributed by atoms with Crippen LogP contribution in [0.25, 0.3) is 0 Å². The second kappa shape index (κ2) is 9.36. The lowest BCUT2D eigenvalue weighted by Gasteiger charge is -2.40. The SMILES string of the molecule is O=C(Cn1c2c(sc1=O)C(c1cccc(Cl)c1Cl)C1C3CCC(C3)C1S2)Nc1cccc(C(F)(F)F)c1. The van der Waals surface area contributed by atoms with Gasteiger partial charge in [-0.3, -0.25) is 14.2 Å². The van der Waals surface area contributed by atoms with Crippen molar-refractivity contribution < 1.29 is 18.0 Å². The average Bonchev–Trinajstić information content (AvgIpc) is 3.54. The van der Waals surface area contributed by atoms with Crippen LogP contribution in [0.3, 0.4) is 0 Å². The number of thioether (sulfide) groups is 1. The molecule has 0 spiro atoms. The predicted molar refractivity (Wildman–Crippen MR) is 141 cm³/mol. The van der Waals surface area contributed by atoms with Crippen LogP contribution < -0.4 is 10.2 Å². The van der Waals surface area contributed by atoms with Gasteiger partial charge in [-0.2, -0.15) is 13.2 Å². The third-order valence-corrected chi connectivity index (χ3v) is 11.4. The van der Waals surface area contributed by atoms with Crippen molar-refractivity contribution in [3.63, 3.8) is 0 Å². The minimum absolute atomic E-state index is 0.0291. The van der Waals surface area contributed by atoms with Gasteiger partial charge in [0.25, 0.3) is 0 Å². The maximum absolute atomic E-state index is 13.2. The lowest BCUT2D eigenvalue weighted by Crippen LogP contribution is -2.35. The van der Waals surface area contributed by atoms with Crippen LogP contribution in [-0.4, -0.2) is 15.7 Å². The summed E-state index contributed by atoms with van der Waals surface area (Å²) in [7, 11) is 0. The fourth-order valence-electron chi connectivity index (χ4n) is 6.31. The number of benzene rings is 2. The summed E-state index contributed by atoms with van der Waals surface area (Å²) in [6, 6.07) is 10.0. The Morgan fingerprint density at radius 2 is 1.86 bits per heavy atom. The zero-order valence-electron chi connectivity index (χ0n) is 19.2. The number of nitrogens with one attached hydrogen (secondary N) is 1. The Balaban J connectivity index is 1.35. The molecule has 2 fully saturated rings. The molecule has 3 aliphatic rings. The average molecular weight is 586 g/mol. The minimum Gasteiger partial charge on any atom is -0.325 e. The van der Waals surface area contributed by atoms with Crippen LogP contribution >= 0.6 is 46.3 Å². The van der Waals surface area contributed by atoms with Crippen molar-refractivity contribution in [3.8, 4) is 0 Å². The first-order chi connectivity index (χ1) is 17.6. The van der Waals surface area contributed by atoms with Crippen molar-refractivity contribution in [2.45, 2.75) is 48.2 Å². The molecule has 1 N–H and O–H groups in total. The molecule has 4 nitrogen and oxygen atoms in total. The van der Waals surface area contributed by atoms with E-state index in [-0.39, 0.29) is 23.0 Å². The molecule has 1 amide bonds. The molecular weight excluding hydrogens is 564 g/mol. The van der Waals surface area contributed by atoms with Crippen molar-refractivity contribution in [2.75, 3.05) is 5.32 Å². The van der Waals surface area contributed by atoms with E-state index in [1.807, 2.05) is 12.1 Å². The maximum Gasteiger partial charge on any atom is 0.416 e. The topological polar surface area (TPSA) is 51.1 Å². The highest BCUT2D eigenvalue weighted by molar-refractivity contribution is 8.00. The zero-order valence-corrected chi connectivity index (χ0v) is 22.4. The number of carbonyl (C=O) groups is 1. The van der Waals surface area contributed by atoms with E-state index in [9.17, 15) is 22.8 Å². The Morgan fingerprint density at radius 3 is 2.65 bits per heavy atom. The molecule has 2 bridgehead atoms. The summed E-state index contributed by atoms with van der Waals surface area (Å²) in [5, 5.41) is 4.53. The standard InChI is InChI=1S/C26H21Cl2F3N2O2S2/c27-17-6-2-5-16(21(17)28)20-19-12-7-8-13(9-12)22(19)36-24-23(20)37-25(35)33(24)11-18(34)32-15-4-1-3-14(10-15)26(29,30)31/h1-6,10,12-13,19-20,22H,7-9,11H2,(H,32,34). The first kappa shape index (κ1) is 25.3. The van der Waals surface area contributed by atoms with Gasteiger partial charge in [-0.15, -0.1) is 11.8 Å². The van der Waals surface area contributed by atoms with E-state index in [4.69, 9.17) is 23.2 Å². The van der Waals surface area contributed by atoms with Gasteiger partial charge < -0.3 is 5.32 Å². The summed E-state index contributed by atoms with van der Waals surface area (Å²) < 4.78 is 40.7. The summed E-state index contributed by atoms with van der Waals surface area (Å²) in [6.45, 7) is -0.282.